The van der Waals surface area contributed by atoms with Gasteiger partial charge in [-0.3, -0.25) is 4.79 Å². The number of amides is 1. The second-order valence-electron chi connectivity index (χ2n) is 3.89. The van der Waals surface area contributed by atoms with E-state index < -0.39 is 15.9 Å². The van der Waals surface area contributed by atoms with Crippen LogP contribution in [0, 0.1) is 0 Å². The Hall–Kier alpha value is -0.660. The Labute approximate surface area is 97.1 Å². The van der Waals surface area contributed by atoms with E-state index in [1.165, 1.54) is 4.90 Å². The highest BCUT2D eigenvalue weighted by Gasteiger charge is 2.19. The molecule has 16 heavy (non-hydrogen) atoms. The van der Waals surface area contributed by atoms with Crippen molar-refractivity contribution in [3.63, 3.8) is 0 Å². The first-order chi connectivity index (χ1) is 7.28. The van der Waals surface area contributed by atoms with Crippen molar-refractivity contribution in [2.24, 2.45) is 5.73 Å². The molecule has 96 valence electrons. The zero-order chi connectivity index (χ0) is 12.8. The van der Waals surface area contributed by atoms with Crippen molar-refractivity contribution in [2.75, 3.05) is 39.2 Å². The van der Waals surface area contributed by atoms with Gasteiger partial charge in [-0.1, -0.05) is 0 Å². The van der Waals surface area contributed by atoms with Crippen molar-refractivity contribution in [2.45, 2.75) is 12.5 Å². The highest BCUT2D eigenvalue weighted by Crippen LogP contribution is 1.98. The van der Waals surface area contributed by atoms with Crippen molar-refractivity contribution in [3.8, 4) is 0 Å². The summed E-state index contributed by atoms with van der Waals surface area (Å²) in [6, 6.07) is -0.739. The maximum Gasteiger partial charge on any atom is 0.239 e. The lowest BCUT2D eigenvalue weighted by Gasteiger charge is -2.20. The number of carbonyl (C=O) groups is 1. The molecule has 1 amide bonds. The molecule has 0 fully saturated rings. The van der Waals surface area contributed by atoms with Crippen LogP contribution in [0.15, 0.2) is 0 Å². The van der Waals surface area contributed by atoms with E-state index in [2.05, 4.69) is 5.32 Å². The van der Waals surface area contributed by atoms with Crippen LogP contribution in [0.3, 0.4) is 0 Å². The molecule has 0 aromatic carbocycles. The summed E-state index contributed by atoms with van der Waals surface area (Å²) in [5.41, 5.74) is 5.62. The van der Waals surface area contributed by atoms with Gasteiger partial charge in [0.25, 0.3) is 0 Å². The third-order valence-corrected chi connectivity index (χ3v) is 3.17. The van der Waals surface area contributed by atoms with Crippen LogP contribution >= 0.6 is 0 Å². The normalized spacial score (nSPS) is 13.5. The van der Waals surface area contributed by atoms with E-state index in [9.17, 15) is 13.2 Å². The van der Waals surface area contributed by atoms with Crippen molar-refractivity contribution in [1.29, 1.82) is 0 Å². The minimum Gasteiger partial charge on any atom is -0.343 e. The van der Waals surface area contributed by atoms with Gasteiger partial charge in [-0.25, -0.2) is 8.42 Å². The van der Waals surface area contributed by atoms with E-state index in [0.717, 1.165) is 6.26 Å². The van der Waals surface area contributed by atoms with Gasteiger partial charge in [0, 0.05) is 26.4 Å². The van der Waals surface area contributed by atoms with Gasteiger partial charge in [0.2, 0.25) is 5.91 Å². The molecule has 0 aliphatic carbocycles. The summed E-state index contributed by atoms with van der Waals surface area (Å²) < 4.78 is 21.8. The third kappa shape index (κ3) is 6.76. The Morgan fingerprint density at radius 1 is 1.50 bits per heavy atom. The van der Waals surface area contributed by atoms with Gasteiger partial charge in [-0.05, 0) is 13.5 Å². The number of nitrogens with zero attached hydrogens (tertiary/aromatic N) is 1. The van der Waals surface area contributed by atoms with Gasteiger partial charge in [-0.2, -0.15) is 0 Å². The molecule has 0 aromatic rings. The van der Waals surface area contributed by atoms with Crippen LogP contribution in [0.25, 0.3) is 0 Å². The highest BCUT2D eigenvalue weighted by atomic mass is 32.2. The average Bonchev–Trinajstić information content (AvgIpc) is 2.20. The van der Waals surface area contributed by atoms with Crippen molar-refractivity contribution >= 4 is 15.7 Å². The third-order valence-electron chi connectivity index (χ3n) is 2.19. The molecule has 0 aliphatic heterocycles. The number of sulfone groups is 1. The first-order valence-corrected chi connectivity index (χ1v) is 7.17. The molecule has 0 saturated heterocycles. The molecular weight excluding hydrogens is 230 g/mol. The van der Waals surface area contributed by atoms with Crippen LogP contribution in [0.4, 0.5) is 0 Å². The number of nitrogens with one attached hydrogen (secondary N) is 1. The highest BCUT2D eigenvalue weighted by molar-refractivity contribution is 7.90. The molecule has 0 spiro atoms. The summed E-state index contributed by atoms with van der Waals surface area (Å²) in [4.78, 5) is 13.1. The van der Waals surface area contributed by atoms with Gasteiger partial charge in [0.05, 0.1) is 11.8 Å². The SMILES string of the molecule is CNCCN(C)C(=O)C(N)CCS(C)(=O)=O. The van der Waals surface area contributed by atoms with Crippen LogP contribution in [0.2, 0.25) is 0 Å². The standard InChI is InChI=1S/C9H21N3O3S/c1-11-5-6-12(2)9(13)8(10)4-7-16(3,14)15/h8,11H,4-7,10H2,1-3H3. The molecular formula is C9H21N3O3S. The molecule has 0 saturated carbocycles. The monoisotopic (exact) mass is 251 g/mol. The molecule has 7 heteroatoms. The van der Waals surface area contributed by atoms with Crippen LogP contribution < -0.4 is 11.1 Å². The lowest BCUT2D eigenvalue weighted by Crippen LogP contribution is -2.44. The van der Waals surface area contributed by atoms with E-state index in [-0.39, 0.29) is 18.1 Å². The molecule has 0 heterocycles. The smallest absolute Gasteiger partial charge is 0.239 e. The fraction of sp³-hybridized carbons (Fsp3) is 0.889. The van der Waals surface area contributed by atoms with Crippen LogP contribution in [0.1, 0.15) is 6.42 Å². The van der Waals surface area contributed by atoms with Crippen molar-refractivity contribution in [1.82, 2.24) is 10.2 Å². The first kappa shape index (κ1) is 15.3. The maximum atomic E-state index is 11.6. The zero-order valence-corrected chi connectivity index (χ0v) is 10.9. The van der Waals surface area contributed by atoms with E-state index in [1.807, 2.05) is 0 Å². The average molecular weight is 251 g/mol. The minimum atomic E-state index is -3.06. The molecule has 0 aliphatic rings. The Morgan fingerprint density at radius 3 is 2.50 bits per heavy atom. The number of likely N-dealkylation sites (N-methyl/N-ethyl adjacent to an activating group) is 2. The number of hydrogen-bond donors (Lipinski definition) is 2. The largest absolute Gasteiger partial charge is 0.343 e. The summed E-state index contributed by atoms with van der Waals surface area (Å²) in [7, 11) is 0.388. The van der Waals surface area contributed by atoms with Gasteiger partial charge >= 0.3 is 0 Å². The van der Waals surface area contributed by atoms with Gasteiger partial charge in [-0.15, -0.1) is 0 Å². The lowest BCUT2D eigenvalue weighted by atomic mass is 10.2. The fourth-order valence-electron chi connectivity index (χ4n) is 1.14. The summed E-state index contributed by atoms with van der Waals surface area (Å²) in [6.45, 7) is 1.24. The van der Waals surface area contributed by atoms with Crippen LogP contribution in [-0.4, -0.2) is 64.5 Å². The van der Waals surface area contributed by atoms with E-state index in [1.54, 1.807) is 14.1 Å². The summed E-state index contributed by atoms with van der Waals surface area (Å²) in [6.07, 6.45) is 1.30. The Balaban J connectivity index is 4.07. The van der Waals surface area contributed by atoms with E-state index in [0.29, 0.717) is 13.1 Å². The Morgan fingerprint density at radius 2 is 2.06 bits per heavy atom. The van der Waals surface area contributed by atoms with Gasteiger partial charge < -0.3 is 16.0 Å². The Bertz CT molecular complexity index is 316. The minimum absolute atomic E-state index is 0.0558. The lowest BCUT2D eigenvalue weighted by molar-refractivity contribution is -0.131. The van der Waals surface area contributed by atoms with E-state index in [4.69, 9.17) is 5.73 Å². The number of hydrogen-bond acceptors (Lipinski definition) is 5. The second-order valence-corrected chi connectivity index (χ2v) is 6.15. The molecule has 1 atom stereocenters. The molecule has 0 aromatic heterocycles. The number of rotatable bonds is 7. The topological polar surface area (TPSA) is 92.5 Å². The first-order valence-electron chi connectivity index (χ1n) is 5.11. The summed E-state index contributed by atoms with van der Waals surface area (Å²) in [5, 5.41) is 2.92. The molecule has 3 N–H and O–H groups in total. The predicted octanol–water partition coefficient (Wildman–Crippen LogP) is -1.57. The van der Waals surface area contributed by atoms with Crippen LogP contribution in [-0.2, 0) is 14.6 Å². The summed E-state index contributed by atoms with van der Waals surface area (Å²) in [5.74, 6) is -0.279. The predicted molar refractivity (Wildman–Crippen MR) is 63.9 cm³/mol. The van der Waals surface area contributed by atoms with Gasteiger partial charge in [0.1, 0.15) is 9.84 Å². The van der Waals surface area contributed by atoms with Crippen molar-refractivity contribution < 1.29 is 13.2 Å². The number of nitrogens with two attached hydrogens (primary N) is 1. The van der Waals surface area contributed by atoms with Crippen molar-refractivity contribution in [3.05, 3.63) is 0 Å². The van der Waals surface area contributed by atoms with E-state index >= 15 is 0 Å². The number of carbonyl (C=O) groups excluding carboxylic acids is 1. The molecule has 6 nitrogen and oxygen atoms in total. The molecule has 0 rings (SSSR count). The maximum absolute atomic E-state index is 11.6. The zero-order valence-electron chi connectivity index (χ0n) is 10.1. The quantitative estimate of drug-likeness (QED) is 0.570. The Kier molecular flexibility index (Phi) is 6.54. The molecule has 1 unspecified atom stereocenters. The molecule has 0 radical (unpaired) electrons. The summed E-state index contributed by atoms with van der Waals surface area (Å²) >= 11 is 0. The van der Waals surface area contributed by atoms with Gasteiger partial charge in [0.15, 0.2) is 0 Å². The molecule has 0 bridgehead atoms. The fourth-order valence-corrected chi connectivity index (χ4v) is 1.82. The second kappa shape index (κ2) is 6.82. The van der Waals surface area contributed by atoms with Crippen LogP contribution in [0.5, 0.6) is 0 Å².